The van der Waals surface area contributed by atoms with Crippen molar-refractivity contribution in [2.75, 3.05) is 34.3 Å². The fourth-order valence-electron chi connectivity index (χ4n) is 2.72. The van der Waals surface area contributed by atoms with Gasteiger partial charge in [-0.15, -0.1) is 0 Å². The summed E-state index contributed by atoms with van der Waals surface area (Å²) in [4.78, 5) is 6.42. The van der Waals surface area contributed by atoms with Crippen molar-refractivity contribution >= 4 is 5.96 Å². The number of benzene rings is 2. The van der Waals surface area contributed by atoms with Crippen molar-refractivity contribution in [1.82, 2.24) is 15.5 Å². The van der Waals surface area contributed by atoms with E-state index in [0.29, 0.717) is 13.2 Å². The number of rotatable bonds is 8. The fraction of sp³-hybridized carbons (Fsp3) is 0.409. The van der Waals surface area contributed by atoms with Crippen LogP contribution in [0.15, 0.2) is 47.5 Å². The Balaban J connectivity index is 1.84. The topological polar surface area (TPSA) is 48.9 Å². The van der Waals surface area contributed by atoms with Gasteiger partial charge < -0.3 is 20.3 Å². The third-order valence-electron chi connectivity index (χ3n) is 4.33. The number of aliphatic imine (C=N–C) groups is 1. The quantitative estimate of drug-likeness (QED) is 0.555. The number of aryl methyl sites for hydroxylation is 2. The predicted octanol–water partition coefficient (Wildman–Crippen LogP) is 3.11. The molecule has 0 aliphatic carbocycles. The van der Waals surface area contributed by atoms with Crippen molar-refractivity contribution < 1.29 is 4.74 Å². The molecule has 0 bridgehead atoms. The molecule has 0 fully saturated rings. The lowest BCUT2D eigenvalue weighted by Crippen LogP contribution is -2.36. The summed E-state index contributed by atoms with van der Waals surface area (Å²) in [6, 6.07) is 14.7. The number of likely N-dealkylation sites (N-methyl/N-ethyl adjacent to an activating group) is 1. The van der Waals surface area contributed by atoms with Crippen LogP contribution in [0, 0.1) is 13.8 Å². The summed E-state index contributed by atoms with van der Waals surface area (Å²) in [5.41, 5.74) is 5.01. The first-order chi connectivity index (χ1) is 13.0. The molecular weight excluding hydrogens is 336 g/mol. The molecule has 2 N–H and O–H groups in total. The van der Waals surface area contributed by atoms with Gasteiger partial charge in [0.2, 0.25) is 0 Å². The highest BCUT2D eigenvalue weighted by Gasteiger charge is 2.03. The summed E-state index contributed by atoms with van der Waals surface area (Å²) < 4.78 is 5.80. The Morgan fingerprint density at radius 2 is 1.81 bits per heavy atom. The highest BCUT2D eigenvalue weighted by atomic mass is 16.5. The van der Waals surface area contributed by atoms with Crippen LogP contribution in [0.5, 0.6) is 5.75 Å². The zero-order valence-corrected chi connectivity index (χ0v) is 17.2. The number of nitrogens with one attached hydrogen (secondary N) is 2. The average Bonchev–Trinajstić information content (AvgIpc) is 2.63. The SMILES string of the molecule is CN=C(NCc1cccc(OCCN(C)C)c1)NCc1ccc(C)cc1C. The second-order valence-electron chi connectivity index (χ2n) is 7.01. The monoisotopic (exact) mass is 368 g/mol. The zero-order chi connectivity index (χ0) is 19.6. The Bertz CT molecular complexity index is 756. The lowest BCUT2D eigenvalue weighted by molar-refractivity contribution is 0.261. The fourth-order valence-corrected chi connectivity index (χ4v) is 2.72. The number of nitrogens with zero attached hydrogens (tertiary/aromatic N) is 2. The summed E-state index contributed by atoms with van der Waals surface area (Å²) in [7, 11) is 5.87. The summed E-state index contributed by atoms with van der Waals surface area (Å²) in [6.07, 6.45) is 0. The molecule has 0 spiro atoms. The van der Waals surface area contributed by atoms with Crippen molar-refractivity contribution in [3.8, 4) is 5.75 Å². The molecule has 0 radical (unpaired) electrons. The van der Waals surface area contributed by atoms with Crippen LogP contribution in [0.3, 0.4) is 0 Å². The van der Waals surface area contributed by atoms with Gasteiger partial charge in [-0.25, -0.2) is 0 Å². The molecule has 2 aromatic rings. The molecule has 0 heterocycles. The average molecular weight is 369 g/mol. The molecule has 0 unspecified atom stereocenters. The third-order valence-corrected chi connectivity index (χ3v) is 4.33. The number of ether oxygens (including phenoxy) is 1. The van der Waals surface area contributed by atoms with Crippen LogP contribution in [0.4, 0.5) is 0 Å². The normalized spacial score (nSPS) is 11.6. The lowest BCUT2D eigenvalue weighted by atomic mass is 10.1. The molecule has 0 aliphatic rings. The Morgan fingerprint density at radius 3 is 2.52 bits per heavy atom. The van der Waals surface area contributed by atoms with E-state index in [-0.39, 0.29) is 0 Å². The van der Waals surface area contributed by atoms with Crippen LogP contribution in [0.2, 0.25) is 0 Å². The van der Waals surface area contributed by atoms with Gasteiger partial charge in [0.05, 0.1) is 0 Å². The molecule has 0 saturated carbocycles. The molecule has 0 aliphatic heterocycles. The van der Waals surface area contributed by atoms with E-state index in [1.165, 1.54) is 16.7 Å². The van der Waals surface area contributed by atoms with E-state index in [1.807, 2.05) is 26.2 Å². The minimum absolute atomic E-state index is 0.684. The van der Waals surface area contributed by atoms with E-state index in [9.17, 15) is 0 Å². The summed E-state index contributed by atoms with van der Waals surface area (Å²) >= 11 is 0. The molecule has 0 aromatic heterocycles. The zero-order valence-electron chi connectivity index (χ0n) is 17.2. The first-order valence-electron chi connectivity index (χ1n) is 9.35. The molecular formula is C22H32N4O. The first kappa shape index (κ1) is 20.8. The summed E-state index contributed by atoms with van der Waals surface area (Å²) in [6.45, 7) is 7.28. The van der Waals surface area contributed by atoms with E-state index < -0.39 is 0 Å². The molecule has 146 valence electrons. The van der Waals surface area contributed by atoms with E-state index >= 15 is 0 Å². The van der Waals surface area contributed by atoms with E-state index in [0.717, 1.165) is 30.4 Å². The Kier molecular flexibility index (Phi) is 8.14. The second kappa shape index (κ2) is 10.6. The molecule has 27 heavy (non-hydrogen) atoms. The molecule has 2 rings (SSSR count). The van der Waals surface area contributed by atoms with Gasteiger partial charge in [0.15, 0.2) is 5.96 Å². The van der Waals surface area contributed by atoms with E-state index in [1.54, 1.807) is 7.05 Å². The van der Waals surface area contributed by atoms with Gasteiger partial charge in [-0.05, 0) is 56.8 Å². The maximum atomic E-state index is 5.80. The van der Waals surface area contributed by atoms with Crippen molar-refractivity contribution in [2.45, 2.75) is 26.9 Å². The van der Waals surface area contributed by atoms with E-state index in [4.69, 9.17) is 4.74 Å². The first-order valence-corrected chi connectivity index (χ1v) is 9.35. The maximum absolute atomic E-state index is 5.80. The van der Waals surface area contributed by atoms with Gasteiger partial charge in [-0.3, -0.25) is 4.99 Å². The number of guanidine groups is 1. The van der Waals surface area contributed by atoms with Gasteiger partial charge in [0.1, 0.15) is 12.4 Å². The van der Waals surface area contributed by atoms with Crippen LogP contribution in [0.1, 0.15) is 22.3 Å². The molecule has 0 saturated heterocycles. The highest BCUT2D eigenvalue weighted by Crippen LogP contribution is 2.13. The van der Waals surface area contributed by atoms with Crippen LogP contribution in [0.25, 0.3) is 0 Å². The van der Waals surface area contributed by atoms with Crippen molar-refractivity contribution in [3.05, 3.63) is 64.7 Å². The molecule has 2 aromatic carbocycles. The van der Waals surface area contributed by atoms with Crippen LogP contribution in [-0.2, 0) is 13.1 Å². The Hall–Kier alpha value is -2.53. The largest absolute Gasteiger partial charge is 0.492 e. The van der Waals surface area contributed by atoms with E-state index in [2.05, 4.69) is 64.7 Å². The van der Waals surface area contributed by atoms with Gasteiger partial charge in [-0.1, -0.05) is 35.9 Å². The number of hydrogen-bond acceptors (Lipinski definition) is 3. The highest BCUT2D eigenvalue weighted by molar-refractivity contribution is 5.79. The standard InChI is InChI=1S/C22H32N4O/c1-17-9-10-20(18(2)13-17)16-25-22(23-3)24-15-19-7-6-8-21(14-19)27-12-11-26(4)5/h6-10,13-14H,11-12,15-16H2,1-5H3,(H2,23,24,25). The van der Waals surface area contributed by atoms with Crippen LogP contribution >= 0.6 is 0 Å². The minimum atomic E-state index is 0.684. The Morgan fingerprint density at radius 1 is 1.04 bits per heavy atom. The third kappa shape index (κ3) is 7.31. The van der Waals surface area contributed by atoms with Gasteiger partial charge in [0.25, 0.3) is 0 Å². The van der Waals surface area contributed by atoms with Crippen molar-refractivity contribution in [2.24, 2.45) is 4.99 Å². The molecule has 0 atom stereocenters. The molecule has 0 amide bonds. The van der Waals surface area contributed by atoms with Crippen LogP contribution < -0.4 is 15.4 Å². The van der Waals surface area contributed by atoms with Gasteiger partial charge in [-0.2, -0.15) is 0 Å². The molecule has 5 heteroatoms. The van der Waals surface area contributed by atoms with Gasteiger partial charge in [0, 0.05) is 26.7 Å². The Labute approximate surface area is 163 Å². The second-order valence-corrected chi connectivity index (χ2v) is 7.01. The summed E-state index contributed by atoms with van der Waals surface area (Å²) in [5, 5.41) is 6.74. The summed E-state index contributed by atoms with van der Waals surface area (Å²) in [5.74, 6) is 1.68. The van der Waals surface area contributed by atoms with Crippen molar-refractivity contribution in [3.63, 3.8) is 0 Å². The maximum Gasteiger partial charge on any atom is 0.191 e. The van der Waals surface area contributed by atoms with Gasteiger partial charge >= 0.3 is 0 Å². The van der Waals surface area contributed by atoms with Crippen LogP contribution in [-0.4, -0.2) is 45.2 Å². The van der Waals surface area contributed by atoms with Crippen molar-refractivity contribution in [1.29, 1.82) is 0 Å². The lowest BCUT2D eigenvalue weighted by Gasteiger charge is -2.14. The minimum Gasteiger partial charge on any atom is -0.492 e. The molecule has 5 nitrogen and oxygen atoms in total. The smallest absolute Gasteiger partial charge is 0.191 e. The number of hydrogen-bond donors (Lipinski definition) is 2. The predicted molar refractivity (Wildman–Crippen MR) is 113 cm³/mol.